The summed E-state index contributed by atoms with van der Waals surface area (Å²) in [5.74, 6) is -0.754. The van der Waals surface area contributed by atoms with Crippen molar-refractivity contribution in [1.82, 2.24) is 9.88 Å². The Labute approximate surface area is 121 Å². The number of thiophene rings is 1. The van der Waals surface area contributed by atoms with Gasteiger partial charge in [-0.2, -0.15) is 0 Å². The quantitative estimate of drug-likeness (QED) is 0.938. The second-order valence-corrected chi connectivity index (χ2v) is 5.94. The summed E-state index contributed by atoms with van der Waals surface area (Å²) in [6.07, 6.45) is 5.37. The Kier molecular flexibility index (Phi) is 3.80. The van der Waals surface area contributed by atoms with E-state index in [1.54, 1.807) is 17.5 Å². The first-order valence-electron chi connectivity index (χ1n) is 6.68. The molecule has 3 rings (SSSR count). The maximum Gasteiger partial charge on any atom is 0.325 e. The minimum atomic E-state index is -0.754. The minimum Gasteiger partial charge on any atom is -0.480 e. The van der Waals surface area contributed by atoms with Gasteiger partial charge in [0.05, 0.1) is 0 Å². The van der Waals surface area contributed by atoms with Crippen LogP contribution in [0.2, 0.25) is 0 Å². The van der Waals surface area contributed by atoms with Crippen molar-refractivity contribution in [3.05, 3.63) is 52.0 Å². The summed E-state index contributed by atoms with van der Waals surface area (Å²) in [6.45, 7) is 1.56. The van der Waals surface area contributed by atoms with Crippen LogP contribution in [-0.4, -0.2) is 34.0 Å². The van der Waals surface area contributed by atoms with E-state index in [0.29, 0.717) is 0 Å². The van der Waals surface area contributed by atoms with Gasteiger partial charge in [0.2, 0.25) is 0 Å². The Morgan fingerprint density at radius 3 is 3.15 bits per heavy atom. The van der Waals surface area contributed by atoms with E-state index in [4.69, 9.17) is 0 Å². The summed E-state index contributed by atoms with van der Waals surface area (Å²) >= 11 is 1.66. The average molecular weight is 288 g/mol. The van der Waals surface area contributed by atoms with Crippen molar-refractivity contribution in [3.8, 4) is 0 Å². The second-order valence-electron chi connectivity index (χ2n) is 4.94. The second kappa shape index (κ2) is 5.73. The average Bonchev–Trinajstić information content (AvgIpc) is 2.93. The topological polar surface area (TPSA) is 53.4 Å². The highest BCUT2D eigenvalue weighted by Crippen LogP contribution is 2.33. The van der Waals surface area contributed by atoms with Gasteiger partial charge in [-0.05, 0) is 41.5 Å². The number of carbonyl (C=O) groups is 1. The molecule has 1 aliphatic rings. The van der Waals surface area contributed by atoms with Crippen LogP contribution in [-0.2, 0) is 17.6 Å². The Hall–Kier alpha value is -1.72. The molecule has 2 aromatic heterocycles. The predicted molar refractivity (Wildman–Crippen MR) is 77.9 cm³/mol. The highest BCUT2D eigenvalue weighted by molar-refractivity contribution is 7.10. The number of carboxylic acid groups (broad SMARTS) is 1. The molecule has 0 aromatic carbocycles. The Morgan fingerprint density at radius 1 is 1.50 bits per heavy atom. The molecule has 0 amide bonds. The van der Waals surface area contributed by atoms with E-state index in [1.807, 2.05) is 29.8 Å². The lowest BCUT2D eigenvalue weighted by Crippen LogP contribution is -2.40. The van der Waals surface area contributed by atoms with Gasteiger partial charge in [0.1, 0.15) is 6.04 Å². The lowest BCUT2D eigenvalue weighted by molar-refractivity contribution is -0.144. The molecule has 1 unspecified atom stereocenters. The van der Waals surface area contributed by atoms with E-state index in [0.717, 1.165) is 37.1 Å². The SMILES string of the molecule is O=C(O)C1c2ccsc2CCN1CCc1cccnc1. The Bertz CT molecular complexity index is 597. The van der Waals surface area contributed by atoms with E-state index in [1.165, 1.54) is 4.88 Å². The third-order valence-electron chi connectivity index (χ3n) is 3.71. The first kappa shape index (κ1) is 13.3. The highest BCUT2D eigenvalue weighted by Gasteiger charge is 2.33. The van der Waals surface area contributed by atoms with Gasteiger partial charge in [0, 0.05) is 30.4 Å². The van der Waals surface area contributed by atoms with Crippen LogP contribution in [0.15, 0.2) is 36.0 Å². The molecule has 1 atom stereocenters. The molecule has 4 nitrogen and oxygen atoms in total. The van der Waals surface area contributed by atoms with E-state index < -0.39 is 12.0 Å². The molecule has 0 fully saturated rings. The summed E-state index contributed by atoms with van der Waals surface area (Å²) in [5, 5.41) is 11.5. The molecule has 0 saturated carbocycles. The first-order valence-corrected chi connectivity index (χ1v) is 7.55. The molecule has 0 spiro atoms. The fraction of sp³-hybridized carbons (Fsp3) is 0.333. The summed E-state index contributed by atoms with van der Waals surface area (Å²) < 4.78 is 0. The van der Waals surface area contributed by atoms with Crippen molar-refractivity contribution in [2.24, 2.45) is 0 Å². The van der Waals surface area contributed by atoms with Gasteiger partial charge in [-0.15, -0.1) is 11.3 Å². The number of pyridine rings is 1. The summed E-state index contributed by atoms with van der Waals surface area (Å²) in [4.78, 5) is 19.0. The molecule has 0 saturated heterocycles. The molecule has 0 radical (unpaired) electrons. The molecule has 0 aliphatic carbocycles. The molecule has 1 aliphatic heterocycles. The molecule has 20 heavy (non-hydrogen) atoms. The van der Waals surface area contributed by atoms with Gasteiger partial charge in [-0.3, -0.25) is 14.7 Å². The molecular weight excluding hydrogens is 272 g/mol. The highest BCUT2D eigenvalue weighted by atomic mass is 32.1. The zero-order chi connectivity index (χ0) is 13.9. The number of aliphatic carboxylic acids is 1. The molecule has 0 bridgehead atoms. The van der Waals surface area contributed by atoms with E-state index in [-0.39, 0.29) is 0 Å². The molecular formula is C15H16N2O2S. The number of carboxylic acids is 1. The summed E-state index contributed by atoms with van der Waals surface area (Å²) in [6, 6.07) is 5.40. The van der Waals surface area contributed by atoms with Gasteiger partial charge in [0.15, 0.2) is 0 Å². The first-order chi connectivity index (χ1) is 9.75. The molecule has 104 valence electrons. The van der Waals surface area contributed by atoms with Crippen molar-refractivity contribution in [2.45, 2.75) is 18.9 Å². The Balaban J connectivity index is 1.75. The van der Waals surface area contributed by atoms with E-state index >= 15 is 0 Å². The van der Waals surface area contributed by atoms with Crippen LogP contribution in [0.4, 0.5) is 0 Å². The number of hydrogen-bond acceptors (Lipinski definition) is 4. The van der Waals surface area contributed by atoms with Gasteiger partial charge in [-0.1, -0.05) is 6.07 Å². The van der Waals surface area contributed by atoms with Crippen LogP contribution < -0.4 is 0 Å². The maximum absolute atomic E-state index is 11.6. The zero-order valence-corrected chi connectivity index (χ0v) is 11.8. The largest absolute Gasteiger partial charge is 0.480 e. The fourth-order valence-corrected chi connectivity index (χ4v) is 3.62. The lowest BCUT2D eigenvalue weighted by atomic mass is 9.99. The number of aromatic nitrogens is 1. The number of rotatable bonds is 4. The van der Waals surface area contributed by atoms with Crippen molar-refractivity contribution >= 4 is 17.3 Å². The summed E-state index contributed by atoms with van der Waals surface area (Å²) in [5.41, 5.74) is 2.12. The van der Waals surface area contributed by atoms with Gasteiger partial charge in [-0.25, -0.2) is 0 Å². The molecule has 2 aromatic rings. The van der Waals surface area contributed by atoms with Crippen molar-refractivity contribution in [3.63, 3.8) is 0 Å². The Morgan fingerprint density at radius 2 is 2.40 bits per heavy atom. The maximum atomic E-state index is 11.6. The van der Waals surface area contributed by atoms with Crippen molar-refractivity contribution in [2.75, 3.05) is 13.1 Å². The number of hydrogen-bond donors (Lipinski definition) is 1. The molecule has 3 heterocycles. The third-order valence-corrected chi connectivity index (χ3v) is 4.71. The van der Waals surface area contributed by atoms with Crippen LogP contribution in [0.1, 0.15) is 22.0 Å². The van der Waals surface area contributed by atoms with Crippen LogP contribution in [0.5, 0.6) is 0 Å². The lowest BCUT2D eigenvalue weighted by Gasteiger charge is -2.33. The van der Waals surface area contributed by atoms with Crippen LogP contribution in [0, 0.1) is 0 Å². The van der Waals surface area contributed by atoms with Crippen LogP contribution in [0.3, 0.4) is 0 Å². The predicted octanol–water partition coefficient (Wildman–Crippen LogP) is 2.37. The van der Waals surface area contributed by atoms with E-state index in [9.17, 15) is 9.90 Å². The minimum absolute atomic E-state index is 0.498. The van der Waals surface area contributed by atoms with Crippen LogP contribution in [0.25, 0.3) is 0 Å². The van der Waals surface area contributed by atoms with Gasteiger partial charge < -0.3 is 5.11 Å². The number of nitrogens with zero attached hydrogens (tertiary/aromatic N) is 2. The smallest absolute Gasteiger partial charge is 0.325 e. The van der Waals surface area contributed by atoms with Gasteiger partial charge >= 0.3 is 5.97 Å². The molecule has 1 N–H and O–H groups in total. The number of fused-ring (bicyclic) bond motifs is 1. The standard InChI is InChI=1S/C15H16N2O2S/c18-15(19)14-12-5-9-20-13(12)4-8-17(14)7-3-11-2-1-6-16-10-11/h1-2,5-6,9-10,14H,3-4,7-8H2,(H,18,19). The van der Waals surface area contributed by atoms with Gasteiger partial charge in [0.25, 0.3) is 0 Å². The third kappa shape index (κ3) is 2.59. The van der Waals surface area contributed by atoms with Crippen LogP contribution >= 0.6 is 11.3 Å². The zero-order valence-electron chi connectivity index (χ0n) is 11.0. The van der Waals surface area contributed by atoms with Crippen molar-refractivity contribution < 1.29 is 9.90 Å². The fourth-order valence-electron chi connectivity index (χ4n) is 2.72. The monoisotopic (exact) mass is 288 g/mol. The van der Waals surface area contributed by atoms with Crippen molar-refractivity contribution in [1.29, 1.82) is 0 Å². The summed E-state index contributed by atoms with van der Waals surface area (Å²) in [7, 11) is 0. The van der Waals surface area contributed by atoms with E-state index in [2.05, 4.69) is 9.88 Å². The normalized spacial score (nSPS) is 18.7. The molecule has 5 heteroatoms.